The molecule has 0 aromatic carbocycles. The lowest BCUT2D eigenvalue weighted by molar-refractivity contribution is -0.124. The number of nitrogens with one attached hydrogen (secondary N) is 1. The van der Waals surface area contributed by atoms with Gasteiger partial charge in [0.25, 0.3) is 0 Å². The van der Waals surface area contributed by atoms with Gasteiger partial charge in [-0.05, 0) is 44.8 Å². The highest BCUT2D eigenvalue weighted by atomic mass is 32.2. The molecular weight excluding hydrogens is 248 g/mol. The van der Waals surface area contributed by atoms with E-state index in [-0.39, 0.29) is 5.91 Å². The topological polar surface area (TPSA) is 64.3 Å². The third-order valence-corrected chi connectivity index (χ3v) is 4.82. The number of carbonyl (C=O) groups is 1. The molecule has 2 unspecified atom stereocenters. The van der Waals surface area contributed by atoms with Crippen LogP contribution in [0.3, 0.4) is 0 Å². The van der Waals surface area contributed by atoms with Gasteiger partial charge >= 0.3 is 0 Å². The quantitative estimate of drug-likeness (QED) is 0.653. The van der Waals surface area contributed by atoms with Crippen molar-refractivity contribution in [3.05, 3.63) is 0 Å². The highest BCUT2D eigenvalue weighted by Crippen LogP contribution is 2.25. The Hall–Kier alpha value is -0.260. The molecule has 0 aromatic rings. The second-order valence-corrected chi connectivity index (χ2v) is 6.72. The van der Waals surface area contributed by atoms with Crippen LogP contribution < -0.4 is 11.1 Å². The van der Waals surface area contributed by atoms with Crippen LogP contribution in [0, 0.1) is 0 Å². The average molecular weight is 272 g/mol. The molecule has 3 N–H and O–H groups in total. The van der Waals surface area contributed by atoms with Gasteiger partial charge in [0.2, 0.25) is 5.91 Å². The normalized spacial score (nSPS) is 27.1. The molecular formula is C13H24N2O2S. The third-order valence-electron chi connectivity index (χ3n) is 3.72. The largest absolute Gasteiger partial charge is 0.377 e. The molecule has 18 heavy (non-hydrogen) atoms. The Labute approximate surface area is 113 Å². The Bertz CT molecular complexity index is 291. The molecule has 2 atom stereocenters. The van der Waals surface area contributed by atoms with Gasteiger partial charge in [-0.15, -0.1) is 0 Å². The van der Waals surface area contributed by atoms with Gasteiger partial charge in [0.15, 0.2) is 0 Å². The monoisotopic (exact) mass is 272 g/mol. The van der Waals surface area contributed by atoms with Crippen molar-refractivity contribution in [3.8, 4) is 0 Å². The van der Waals surface area contributed by atoms with Crippen molar-refractivity contribution in [2.45, 2.75) is 56.7 Å². The zero-order valence-electron chi connectivity index (χ0n) is 11.1. The number of nitrogens with two attached hydrogens (primary N) is 1. The summed E-state index contributed by atoms with van der Waals surface area (Å²) in [6.07, 6.45) is 5.94. The van der Waals surface area contributed by atoms with Crippen molar-refractivity contribution >= 4 is 17.7 Å². The maximum atomic E-state index is 11.6. The van der Waals surface area contributed by atoms with E-state index in [4.69, 9.17) is 10.5 Å². The molecule has 4 nitrogen and oxygen atoms in total. The van der Waals surface area contributed by atoms with Crippen molar-refractivity contribution in [1.82, 2.24) is 5.32 Å². The van der Waals surface area contributed by atoms with E-state index in [1.54, 1.807) is 0 Å². The number of amides is 1. The minimum absolute atomic E-state index is 0.230. The van der Waals surface area contributed by atoms with Gasteiger partial charge in [0.1, 0.15) is 0 Å². The molecule has 0 spiro atoms. The molecule has 1 saturated heterocycles. The maximum Gasteiger partial charge on any atom is 0.237 e. The number of ether oxygens (including phenoxy) is 1. The van der Waals surface area contributed by atoms with Crippen LogP contribution >= 0.6 is 11.8 Å². The molecule has 0 radical (unpaired) electrons. The van der Waals surface area contributed by atoms with Crippen LogP contribution in [0.15, 0.2) is 0 Å². The summed E-state index contributed by atoms with van der Waals surface area (Å²) in [6, 6.07) is 0.505. The maximum absolute atomic E-state index is 11.6. The van der Waals surface area contributed by atoms with Crippen LogP contribution in [0.4, 0.5) is 0 Å². The molecule has 1 aliphatic carbocycles. The Morgan fingerprint density at radius 3 is 2.83 bits per heavy atom. The van der Waals surface area contributed by atoms with E-state index in [0.29, 0.717) is 12.1 Å². The van der Waals surface area contributed by atoms with E-state index in [2.05, 4.69) is 5.32 Å². The van der Waals surface area contributed by atoms with Gasteiger partial charge in [-0.3, -0.25) is 4.79 Å². The number of hydrogen-bond acceptors (Lipinski definition) is 4. The second kappa shape index (κ2) is 6.26. The molecule has 0 bridgehead atoms. The summed E-state index contributed by atoms with van der Waals surface area (Å²) in [5.74, 6) is 1.77. The summed E-state index contributed by atoms with van der Waals surface area (Å²) in [5, 5.41) is 3.38. The number of hydrogen-bond donors (Lipinski definition) is 2. The number of rotatable bonds is 8. The first-order valence-corrected chi connectivity index (χ1v) is 8.02. The third kappa shape index (κ3) is 4.14. The van der Waals surface area contributed by atoms with Gasteiger partial charge in [-0.1, -0.05) is 0 Å². The van der Waals surface area contributed by atoms with Gasteiger partial charge < -0.3 is 15.8 Å². The number of carbonyl (C=O) groups excluding carboxylic acids is 1. The van der Waals surface area contributed by atoms with Gasteiger partial charge in [-0.2, -0.15) is 11.8 Å². The van der Waals surface area contributed by atoms with Crippen molar-refractivity contribution < 1.29 is 9.53 Å². The molecule has 2 rings (SSSR count). The Balaban J connectivity index is 1.66. The van der Waals surface area contributed by atoms with E-state index >= 15 is 0 Å². The van der Waals surface area contributed by atoms with Crippen LogP contribution in [0.25, 0.3) is 0 Å². The first-order valence-electron chi connectivity index (χ1n) is 6.87. The molecule has 104 valence electrons. The second-order valence-electron chi connectivity index (χ2n) is 5.57. The molecule has 2 fully saturated rings. The van der Waals surface area contributed by atoms with E-state index in [9.17, 15) is 4.79 Å². The molecule has 1 saturated carbocycles. The molecule has 1 heterocycles. The van der Waals surface area contributed by atoms with Crippen molar-refractivity contribution in [2.75, 3.05) is 18.1 Å². The Morgan fingerprint density at radius 2 is 2.28 bits per heavy atom. The molecule has 1 amide bonds. The van der Waals surface area contributed by atoms with Gasteiger partial charge in [0, 0.05) is 18.4 Å². The summed E-state index contributed by atoms with van der Waals surface area (Å²) in [7, 11) is 0. The lowest BCUT2D eigenvalue weighted by Gasteiger charge is -2.27. The highest BCUT2D eigenvalue weighted by Gasteiger charge is 2.36. The van der Waals surface area contributed by atoms with Crippen LogP contribution in [0.1, 0.15) is 39.0 Å². The standard InChI is InChI=1S/C13H24N2O2S/c1-13(12(14)16,15-10-4-5-10)6-8-18-9-11-3-2-7-17-11/h10-11,15H,2-9H2,1H3,(H2,14,16). The average Bonchev–Trinajstić information content (AvgIpc) is 2.97. The summed E-state index contributed by atoms with van der Waals surface area (Å²) in [5.41, 5.74) is 4.98. The fourth-order valence-electron chi connectivity index (χ4n) is 2.21. The minimum atomic E-state index is -0.537. The molecule has 2 aliphatic rings. The zero-order valence-corrected chi connectivity index (χ0v) is 11.9. The summed E-state index contributed by atoms with van der Waals surface area (Å²) in [6.45, 7) is 2.84. The smallest absolute Gasteiger partial charge is 0.237 e. The Kier molecular flexibility index (Phi) is 4.92. The summed E-state index contributed by atoms with van der Waals surface area (Å²) < 4.78 is 5.58. The number of thioether (sulfide) groups is 1. The SMILES string of the molecule is CC(CCSCC1CCCO1)(NC1CC1)C(N)=O. The van der Waals surface area contributed by atoms with E-state index in [1.807, 2.05) is 18.7 Å². The highest BCUT2D eigenvalue weighted by molar-refractivity contribution is 7.99. The Morgan fingerprint density at radius 1 is 1.50 bits per heavy atom. The van der Waals surface area contributed by atoms with Gasteiger partial charge in [0.05, 0.1) is 11.6 Å². The van der Waals surface area contributed by atoms with E-state index in [1.165, 1.54) is 25.7 Å². The van der Waals surface area contributed by atoms with Crippen LogP contribution in [-0.2, 0) is 9.53 Å². The minimum Gasteiger partial charge on any atom is -0.377 e. The lowest BCUT2D eigenvalue weighted by atomic mass is 9.98. The van der Waals surface area contributed by atoms with Gasteiger partial charge in [-0.25, -0.2) is 0 Å². The number of primary amides is 1. The van der Waals surface area contributed by atoms with Crippen LogP contribution in [0.2, 0.25) is 0 Å². The van der Waals surface area contributed by atoms with E-state index < -0.39 is 5.54 Å². The zero-order chi connectivity index (χ0) is 13.0. The van der Waals surface area contributed by atoms with Crippen LogP contribution in [-0.4, -0.2) is 41.7 Å². The lowest BCUT2D eigenvalue weighted by Crippen LogP contribution is -2.54. The van der Waals surface area contributed by atoms with Crippen molar-refractivity contribution in [1.29, 1.82) is 0 Å². The van der Waals surface area contributed by atoms with Crippen LogP contribution in [0.5, 0.6) is 0 Å². The molecule has 5 heteroatoms. The first kappa shape index (κ1) is 14.2. The fourth-order valence-corrected chi connectivity index (χ4v) is 3.46. The van der Waals surface area contributed by atoms with E-state index in [0.717, 1.165) is 24.5 Å². The predicted octanol–water partition coefficient (Wildman–Crippen LogP) is 1.28. The summed E-state index contributed by atoms with van der Waals surface area (Å²) >= 11 is 1.87. The van der Waals surface area contributed by atoms with Crippen molar-refractivity contribution in [2.24, 2.45) is 5.73 Å². The summed E-state index contributed by atoms with van der Waals surface area (Å²) in [4.78, 5) is 11.6. The van der Waals surface area contributed by atoms with Crippen molar-refractivity contribution in [3.63, 3.8) is 0 Å². The first-order chi connectivity index (χ1) is 8.60. The molecule has 1 aliphatic heterocycles. The molecule has 0 aromatic heterocycles. The fraction of sp³-hybridized carbons (Fsp3) is 0.923. The predicted molar refractivity (Wildman–Crippen MR) is 74.7 cm³/mol.